The molecule has 2 rings (SSSR count). The standard InChI is InChI=1S/C13H16FN3O3/c1-16-6-2-3-10(8-16)15-13(18)9-4-5-11(14)12(7-9)17(19)20/h4-5,7,10H,2-3,6,8H2,1H3,(H,15,18). The smallest absolute Gasteiger partial charge is 0.305 e. The summed E-state index contributed by atoms with van der Waals surface area (Å²) in [7, 11) is 1.97. The van der Waals surface area contributed by atoms with Crippen LogP contribution in [-0.2, 0) is 0 Å². The zero-order valence-electron chi connectivity index (χ0n) is 11.1. The summed E-state index contributed by atoms with van der Waals surface area (Å²) in [5, 5.41) is 13.5. The fourth-order valence-electron chi connectivity index (χ4n) is 2.35. The molecule has 0 bridgehead atoms. The quantitative estimate of drug-likeness (QED) is 0.674. The molecule has 6 nitrogen and oxygen atoms in total. The summed E-state index contributed by atoms with van der Waals surface area (Å²) in [5.74, 6) is -1.35. The summed E-state index contributed by atoms with van der Waals surface area (Å²) < 4.78 is 13.2. The van der Waals surface area contributed by atoms with Crippen molar-refractivity contribution >= 4 is 11.6 Å². The molecule has 0 saturated carbocycles. The van der Waals surface area contributed by atoms with Crippen LogP contribution in [0.1, 0.15) is 23.2 Å². The highest BCUT2D eigenvalue weighted by atomic mass is 19.1. The third-order valence-electron chi connectivity index (χ3n) is 3.36. The second-order valence-electron chi connectivity index (χ2n) is 5.00. The van der Waals surface area contributed by atoms with E-state index in [-0.39, 0.29) is 11.6 Å². The van der Waals surface area contributed by atoms with Crippen molar-refractivity contribution in [3.05, 3.63) is 39.7 Å². The van der Waals surface area contributed by atoms with E-state index in [0.717, 1.165) is 38.1 Å². The van der Waals surface area contributed by atoms with Crippen molar-refractivity contribution in [2.75, 3.05) is 20.1 Å². The molecule has 0 radical (unpaired) electrons. The van der Waals surface area contributed by atoms with Crippen molar-refractivity contribution in [2.24, 2.45) is 0 Å². The van der Waals surface area contributed by atoms with Crippen LogP contribution >= 0.6 is 0 Å². The van der Waals surface area contributed by atoms with Crippen LogP contribution in [-0.4, -0.2) is 41.9 Å². The summed E-state index contributed by atoms with van der Waals surface area (Å²) >= 11 is 0. The first kappa shape index (κ1) is 14.4. The van der Waals surface area contributed by atoms with E-state index >= 15 is 0 Å². The lowest BCUT2D eigenvalue weighted by molar-refractivity contribution is -0.387. The van der Waals surface area contributed by atoms with E-state index in [1.54, 1.807) is 0 Å². The predicted molar refractivity (Wildman–Crippen MR) is 71.0 cm³/mol. The third-order valence-corrected chi connectivity index (χ3v) is 3.36. The van der Waals surface area contributed by atoms with Gasteiger partial charge in [-0.3, -0.25) is 14.9 Å². The minimum Gasteiger partial charge on any atom is -0.348 e. The Kier molecular flexibility index (Phi) is 4.29. The van der Waals surface area contributed by atoms with Gasteiger partial charge >= 0.3 is 5.69 Å². The van der Waals surface area contributed by atoms with Crippen LogP contribution in [0.25, 0.3) is 0 Å². The lowest BCUT2D eigenvalue weighted by atomic mass is 10.1. The number of nitro benzene ring substituents is 1. The van der Waals surface area contributed by atoms with E-state index in [4.69, 9.17) is 0 Å². The Labute approximate surface area is 115 Å². The SMILES string of the molecule is CN1CCCC(NC(=O)c2ccc(F)c([N+](=O)[O-])c2)C1. The van der Waals surface area contributed by atoms with Crippen LogP contribution in [0.5, 0.6) is 0 Å². The largest absolute Gasteiger partial charge is 0.348 e. The van der Waals surface area contributed by atoms with Crippen molar-refractivity contribution in [3.8, 4) is 0 Å². The summed E-state index contributed by atoms with van der Waals surface area (Å²) in [5.41, 5.74) is -0.579. The maximum absolute atomic E-state index is 13.2. The van der Waals surface area contributed by atoms with Crippen LogP contribution in [0.2, 0.25) is 0 Å². The van der Waals surface area contributed by atoms with E-state index in [2.05, 4.69) is 10.2 Å². The number of likely N-dealkylation sites (N-methyl/N-ethyl adjacent to an activating group) is 1. The van der Waals surface area contributed by atoms with Crippen LogP contribution in [0.3, 0.4) is 0 Å². The number of benzene rings is 1. The molecule has 0 spiro atoms. The van der Waals surface area contributed by atoms with Crippen molar-refractivity contribution in [3.63, 3.8) is 0 Å². The number of carbonyl (C=O) groups is 1. The highest BCUT2D eigenvalue weighted by Crippen LogP contribution is 2.19. The van der Waals surface area contributed by atoms with E-state index < -0.39 is 22.3 Å². The molecule has 108 valence electrons. The number of hydrogen-bond donors (Lipinski definition) is 1. The van der Waals surface area contributed by atoms with Gasteiger partial charge in [-0.1, -0.05) is 0 Å². The molecule has 1 aromatic carbocycles. The molecule has 1 N–H and O–H groups in total. The van der Waals surface area contributed by atoms with E-state index in [9.17, 15) is 19.3 Å². The van der Waals surface area contributed by atoms with Crippen molar-refractivity contribution in [1.29, 1.82) is 0 Å². The Morgan fingerprint density at radius 1 is 1.55 bits per heavy atom. The van der Waals surface area contributed by atoms with Gasteiger partial charge in [-0.25, -0.2) is 0 Å². The first-order chi connectivity index (χ1) is 9.47. The minimum atomic E-state index is -0.941. The predicted octanol–water partition coefficient (Wildman–Crippen LogP) is 1.56. The second kappa shape index (κ2) is 5.96. The fourth-order valence-corrected chi connectivity index (χ4v) is 2.35. The molecule has 1 amide bonds. The number of carbonyl (C=O) groups excluding carboxylic acids is 1. The average molecular weight is 281 g/mol. The first-order valence-corrected chi connectivity index (χ1v) is 6.40. The fraction of sp³-hybridized carbons (Fsp3) is 0.462. The zero-order chi connectivity index (χ0) is 14.7. The number of likely N-dealkylation sites (tertiary alicyclic amines) is 1. The van der Waals surface area contributed by atoms with Gasteiger partial charge < -0.3 is 10.2 Å². The molecule has 1 aliphatic heterocycles. The van der Waals surface area contributed by atoms with Gasteiger partial charge in [-0.05, 0) is 38.6 Å². The van der Waals surface area contributed by atoms with Crippen LogP contribution in [0, 0.1) is 15.9 Å². The lowest BCUT2D eigenvalue weighted by Gasteiger charge is -2.30. The van der Waals surface area contributed by atoms with Crippen molar-refractivity contribution in [1.82, 2.24) is 10.2 Å². The van der Waals surface area contributed by atoms with Crippen molar-refractivity contribution < 1.29 is 14.1 Å². The normalized spacial score (nSPS) is 19.6. The number of rotatable bonds is 3. The number of hydrogen-bond acceptors (Lipinski definition) is 4. The Balaban J connectivity index is 2.09. The number of halogens is 1. The summed E-state index contributed by atoms with van der Waals surface area (Å²) in [6, 6.07) is 3.19. The molecule has 20 heavy (non-hydrogen) atoms. The van der Waals surface area contributed by atoms with E-state index in [1.165, 1.54) is 6.07 Å². The Morgan fingerprint density at radius 2 is 2.30 bits per heavy atom. The topological polar surface area (TPSA) is 75.5 Å². The Hall–Kier alpha value is -2.02. The summed E-state index contributed by atoms with van der Waals surface area (Å²) in [4.78, 5) is 24.0. The van der Waals surface area contributed by atoms with Gasteiger partial charge in [0, 0.05) is 24.2 Å². The molecule has 1 unspecified atom stereocenters. The highest BCUT2D eigenvalue weighted by molar-refractivity contribution is 5.95. The number of nitro groups is 1. The van der Waals surface area contributed by atoms with E-state index in [1.807, 2.05) is 7.05 Å². The Morgan fingerprint density at radius 3 is 2.95 bits per heavy atom. The van der Waals surface area contributed by atoms with Crippen LogP contribution in [0.4, 0.5) is 10.1 Å². The van der Waals surface area contributed by atoms with Gasteiger partial charge in [-0.2, -0.15) is 4.39 Å². The molecule has 1 heterocycles. The molecule has 1 fully saturated rings. The van der Waals surface area contributed by atoms with E-state index in [0.29, 0.717) is 0 Å². The molecule has 1 atom stereocenters. The molecular formula is C13H16FN3O3. The first-order valence-electron chi connectivity index (χ1n) is 6.40. The van der Waals surface area contributed by atoms with Crippen LogP contribution in [0.15, 0.2) is 18.2 Å². The zero-order valence-corrected chi connectivity index (χ0v) is 11.1. The molecule has 1 saturated heterocycles. The van der Waals surface area contributed by atoms with Crippen LogP contribution < -0.4 is 5.32 Å². The van der Waals surface area contributed by atoms with Gasteiger partial charge in [0.1, 0.15) is 0 Å². The summed E-state index contributed by atoms with van der Waals surface area (Å²) in [6.45, 7) is 1.74. The Bertz CT molecular complexity index is 536. The molecule has 1 aromatic rings. The summed E-state index contributed by atoms with van der Waals surface area (Å²) in [6.07, 6.45) is 1.87. The molecule has 0 aliphatic carbocycles. The van der Waals surface area contributed by atoms with Gasteiger partial charge in [-0.15, -0.1) is 0 Å². The second-order valence-corrected chi connectivity index (χ2v) is 5.00. The van der Waals surface area contributed by atoms with Crippen molar-refractivity contribution in [2.45, 2.75) is 18.9 Å². The van der Waals surface area contributed by atoms with Gasteiger partial charge in [0.15, 0.2) is 0 Å². The maximum Gasteiger partial charge on any atom is 0.305 e. The van der Waals surface area contributed by atoms with Gasteiger partial charge in [0.05, 0.1) is 4.92 Å². The van der Waals surface area contributed by atoms with Gasteiger partial charge in [0.25, 0.3) is 5.91 Å². The monoisotopic (exact) mass is 281 g/mol. The number of piperidine rings is 1. The minimum absolute atomic E-state index is 0.0189. The number of nitrogens with zero attached hydrogens (tertiary/aromatic N) is 2. The highest BCUT2D eigenvalue weighted by Gasteiger charge is 2.22. The molecule has 0 aromatic heterocycles. The lowest BCUT2D eigenvalue weighted by Crippen LogP contribution is -2.46. The molecular weight excluding hydrogens is 265 g/mol. The third kappa shape index (κ3) is 3.30. The van der Waals surface area contributed by atoms with Gasteiger partial charge in [0.2, 0.25) is 5.82 Å². The number of amides is 1. The maximum atomic E-state index is 13.2. The molecule has 1 aliphatic rings. The number of nitrogens with one attached hydrogen (secondary N) is 1. The molecule has 7 heteroatoms. The average Bonchev–Trinajstić information content (AvgIpc) is 2.38.